The molecular formula is C16H23NO3. The van der Waals surface area contributed by atoms with Crippen molar-refractivity contribution in [2.45, 2.75) is 39.2 Å². The van der Waals surface area contributed by atoms with Crippen molar-refractivity contribution in [3.63, 3.8) is 0 Å². The minimum Gasteiger partial charge on any atom is -0.504 e. The van der Waals surface area contributed by atoms with Gasteiger partial charge in [0, 0.05) is 6.04 Å². The second-order valence-electron chi connectivity index (χ2n) is 5.83. The van der Waals surface area contributed by atoms with Gasteiger partial charge in [-0.3, -0.25) is 4.79 Å². The third-order valence-electron chi connectivity index (χ3n) is 4.21. The van der Waals surface area contributed by atoms with Crippen molar-refractivity contribution in [1.29, 1.82) is 0 Å². The van der Waals surface area contributed by atoms with E-state index in [1.165, 1.54) is 7.11 Å². The molecule has 2 N–H and O–H groups in total. The zero-order valence-corrected chi connectivity index (χ0v) is 12.3. The minimum atomic E-state index is -0.229. The van der Waals surface area contributed by atoms with Crippen LogP contribution in [0.3, 0.4) is 0 Å². The fourth-order valence-electron chi connectivity index (χ4n) is 3.00. The third-order valence-corrected chi connectivity index (χ3v) is 4.21. The Kier molecular flexibility index (Phi) is 4.53. The molecule has 3 unspecified atom stereocenters. The van der Waals surface area contributed by atoms with Crippen LogP contribution in [0.4, 0.5) is 0 Å². The molecule has 2 rings (SSSR count). The summed E-state index contributed by atoms with van der Waals surface area (Å²) in [7, 11) is 1.47. The Balaban J connectivity index is 2.09. The highest BCUT2D eigenvalue weighted by Gasteiger charge is 2.27. The Morgan fingerprint density at radius 1 is 1.35 bits per heavy atom. The van der Waals surface area contributed by atoms with Crippen LogP contribution in [0.25, 0.3) is 0 Å². The second kappa shape index (κ2) is 6.16. The molecule has 4 nitrogen and oxygen atoms in total. The van der Waals surface area contributed by atoms with Gasteiger partial charge in [-0.25, -0.2) is 0 Å². The Morgan fingerprint density at radius 2 is 2.10 bits per heavy atom. The number of amides is 1. The summed E-state index contributed by atoms with van der Waals surface area (Å²) in [5, 5.41) is 13.1. The number of phenols is 1. The molecule has 0 bridgehead atoms. The molecule has 0 heterocycles. The number of phenolic OH excluding ortho intramolecular Hbond substituents is 1. The van der Waals surface area contributed by atoms with Gasteiger partial charge in [-0.1, -0.05) is 19.9 Å². The quantitative estimate of drug-likeness (QED) is 0.893. The van der Waals surface area contributed by atoms with Gasteiger partial charge in [0.15, 0.2) is 11.5 Å². The summed E-state index contributed by atoms with van der Waals surface area (Å²) in [5.41, 5.74) is 0.273. The maximum atomic E-state index is 12.3. The average Bonchev–Trinajstić information content (AvgIpc) is 2.42. The number of para-hydroxylation sites is 1. The number of rotatable bonds is 3. The van der Waals surface area contributed by atoms with E-state index in [9.17, 15) is 9.90 Å². The lowest BCUT2D eigenvalue weighted by atomic mass is 9.80. The first kappa shape index (κ1) is 14.7. The van der Waals surface area contributed by atoms with Gasteiger partial charge in [0.2, 0.25) is 0 Å². The minimum absolute atomic E-state index is 0.0932. The number of benzene rings is 1. The number of ether oxygens (including phenoxy) is 1. The fourth-order valence-corrected chi connectivity index (χ4v) is 3.00. The van der Waals surface area contributed by atoms with Crippen LogP contribution in [-0.2, 0) is 0 Å². The number of hydrogen-bond acceptors (Lipinski definition) is 3. The number of hydrogen-bond donors (Lipinski definition) is 2. The van der Waals surface area contributed by atoms with Gasteiger partial charge < -0.3 is 15.2 Å². The highest BCUT2D eigenvalue weighted by Crippen LogP contribution is 2.31. The van der Waals surface area contributed by atoms with Gasteiger partial charge in [-0.05, 0) is 43.2 Å². The summed E-state index contributed by atoms with van der Waals surface area (Å²) < 4.78 is 5.03. The van der Waals surface area contributed by atoms with E-state index in [1.54, 1.807) is 18.2 Å². The van der Waals surface area contributed by atoms with E-state index in [-0.39, 0.29) is 23.3 Å². The zero-order valence-electron chi connectivity index (χ0n) is 12.3. The van der Waals surface area contributed by atoms with E-state index < -0.39 is 0 Å². The van der Waals surface area contributed by atoms with Crippen molar-refractivity contribution >= 4 is 5.91 Å². The lowest BCUT2D eigenvalue weighted by Gasteiger charge is -2.33. The predicted molar refractivity (Wildman–Crippen MR) is 78.1 cm³/mol. The van der Waals surface area contributed by atoms with E-state index in [2.05, 4.69) is 19.2 Å². The molecule has 0 spiro atoms. The van der Waals surface area contributed by atoms with Crippen LogP contribution < -0.4 is 10.1 Å². The van der Waals surface area contributed by atoms with Crippen LogP contribution in [0.15, 0.2) is 18.2 Å². The number of carbonyl (C=O) groups is 1. The highest BCUT2D eigenvalue weighted by molar-refractivity contribution is 5.97. The van der Waals surface area contributed by atoms with Crippen molar-refractivity contribution in [2.24, 2.45) is 11.8 Å². The SMILES string of the molecule is COc1cccc(C(=O)NC2CCC(C)CC2C)c1O. The fraction of sp³-hybridized carbons (Fsp3) is 0.562. The maximum absolute atomic E-state index is 12.3. The van der Waals surface area contributed by atoms with Gasteiger partial charge in [0.05, 0.1) is 12.7 Å². The zero-order chi connectivity index (χ0) is 14.7. The highest BCUT2D eigenvalue weighted by atomic mass is 16.5. The molecule has 0 aromatic heterocycles. The predicted octanol–water partition coefficient (Wildman–Crippen LogP) is 2.96. The monoisotopic (exact) mass is 277 g/mol. The topological polar surface area (TPSA) is 58.6 Å². The molecule has 1 aromatic rings. The molecular weight excluding hydrogens is 254 g/mol. The van der Waals surface area contributed by atoms with E-state index in [0.717, 1.165) is 25.2 Å². The third kappa shape index (κ3) is 3.06. The first-order valence-corrected chi connectivity index (χ1v) is 7.19. The normalized spacial score (nSPS) is 26.1. The van der Waals surface area contributed by atoms with Crippen molar-refractivity contribution in [2.75, 3.05) is 7.11 Å². The summed E-state index contributed by atoms with van der Waals surface area (Å²) in [5.74, 6) is 1.19. The van der Waals surface area contributed by atoms with Gasteiger partial charge in [-0.2, -0.15) is 0 Å². The lowest BCUT2D eigenvalue weighted by Crippen LogP contribution is -2.42. The van der Waals surface area contributed by atoms with E-state index in [0.29, 0.717) is 11.7 Å². The number of methoxy groups -OCH3 is 1. The molecule has 1 amide bonds. The molecule has 1 aliphatic carbocycles. The van der Waals surface area contributed by atoms with Gasteiger partial charge >= 0.3 is 0 Å². The number of aromatic hydroxyl groups is 1. The molecule has 1 aromatic carbocycles. The van der Waals surface area contributed by atoms with Crippen molar-refractivity contribution < 1.29 is 14.6 Å². The van der Waals surface area contributed by atoms with Crippen LogP contribution in [0.2, 0.25) is 0 Å². The van der Waals surface area contributed by atoms with Crippen LogP contribution >= 0.6 is 0 Å². The Bertz CT molecular complexity index is 487. The van der Waals surface area contributed by atoms with Crippen LogP contribution in [0.1, 0.15) is 43.5 Å². The van der Waals surface area contributed by atoms with E-state index in [4.69, 9.17) is 4.74 Å². The molecule has 0 radical (unpaired) electrons. The largest absolute Gasteiger partial charge is 0.504 e. The van der Waals surface area contributed by atoms with Crippen molar-refractivity contribution in [3.8, 4) is 11.5 Å². The summed E-state index contributed by atoms with van der Waals surface area (Å²) in [6.45, 7) is 4.43. The maximum Gasteiger partial charge on any atom is 0.255 e. The first-order chi connectivity index (χ1) is 9.52. The Hall–Kier alpha value is -1.71. The van der Waals surface area contributed by atoms with Crippen LogP contribution in [0, 0.1) is 11.8 Å². The summed E-state index contributed by atoms with van der Waals surface area (Å²) in [4.78, 5) is 12.3. The molecule has 3 atom stereocenters. The number of carbonyl (C=O) groups excluding carboxylic acids is 1. The van der Waals surface area contributed by atoms with Crippen molar-refractivity contribution in [1.82, 2.24) is 5.32 Å². The second-order valence-corrected chi connectivity index (χ2v) is 5.83. The Morgan fingerprint density at radius 3 is 2.75 bits per heavy atom. The van der Waals surface area contributed by atoms with Gasteiger partial charge in [-0.15, -0.1) is 0 Å². The van der Waals surface area contributed by atoms with Gasteiger partial charge in [0.1, 0.15) is 0 Å². The first-order valence-electron chi connectivity index (χ1n) is 7.19. The molecule has 1 fully saturated rings. The summed E-state index contributed by atoms with van der Waals surface area (Å²) in [6, 6.07) is 5.14. The average molecular weight is 277 g/mol. The van der Waals surface area contributed by atoms with Crippen LogP contribution in [-0.4, -0.2) is 24.2 Å². The smallest absolute Gasteiger partial charge is 0.255 e. The summed E-state index contributed by atoms with van der Waals surface area (Å²) >= 11 is 0. The molecule has 4 heteroatoms. The number of nitrogens with one attached hydrogen (secondary N) is 1. The molecule has 1 aliphatic rings. The molecule has 0 saturated heterocycles. The Labute approximate surface area is 120 Å². The molecule has 0 aliphatic heterocycles. The molecule has 1 saturated carbocycles. The van der Waals surface area contributed by atoms with Gasteiger partial charge in [0.25, 0.3) is 5.91 Å². The summed E-state index contributed by atoms with van der Waals surface area (Å²) in [6.07, 6.45) is 3.27. The lowest BCUT2D eigenvalue weighted by molar-refractivity contribution is 0.0896. The molecule has 20 heavy (non-hydrogen) atoms. The standard InChI is InChI=1S/C16H23NO3/c1-10-7-8-13(11(2)9-10)17-16(19)12-5-4-6-14(20-3)15(12)18/h4-6,10-11,13,18H,7-9H2,1-3H3,(H,17,19). The van der Waals surface area contributed by atoms with Crippen LogP contribution in [0.5, 0.6) is 11.5 Å². The molecule has 110 valence electrons. The van der Waals surface area contributed by atoms with E-state index in [1.807, 2.05) is 0 Å². The van der Waals surface area contributed by atoms with Crippen molar-refractivity contribution in [3.05, 3.63) is 23.8 Å². The van der Waals surface area contributed by atoms with E-state index >= 15 is 0 Å².